The second-order valence-corrected chi connectivity index (χ2v) is 5.73. The van der Waals surface area contributed by atoms with Crippen LogP contribution in [0.2, 0.25) is 0 Å². The van der Waals surface area contributed by atoms with E-state index in [0.29, 0.717) is 12.4 Å². The normalized spacial score (nSPS) is 10.8. The molecule has 0 aromatic heterocycles. The van der Waals surface area contributed by atoms with Crippen molar-refractivity contribution >= 4 is 11.9 Å². The van der Waals surface area contributed by atoms with Gasteiger partial charge in [-0.2, -0.15) is 0 Å². The van der Waals surface area contributed by atoms with Crippen LogP contribution in [-0.4, -0.2) is 13.3 Å². The van der Waals surface area contributed by atoms with E-state index in [1.54, 1.807) is 7.11 Å². The molecule has 0 saturated carbocycles. The molecule has 0 spiro atoms. The number of benzene rings is 3. The summed E-state index contributed by atoms with van der Waals surface area (Å²) in [6.07, 6.45) is 1.84. The molecule has 3 nitrogen and oxygen atoms in total. The van der Waals surface area contributed by atoms with Crippen molar-refractivity contribution in [1.29, 1.82) is 0 Å². The summed E-state index contributed by atoms with van der Waals surface area (Å²) in [4.78, 5) is 4.55. The molecule has 0 radical (unpaired) electrons. The Bertz CT molecular complexity index is 857. The Morgan fingerprint density at radius 2 is 1.64 bits per heavy atom. The molecule has 126 valence electrons. The van der Waals surface area contributed by atoms with Crippen LogP contribution in [0.4, 0.5) is 5.69 Å². The van der Waals surface area contributed by atoms with Gasteiger partial charge in [-0.15, -0.1) is 0 Å². The topological polar surface area (TPSA) is 30.8 Å². The Labute approximate surface area is 148 Å². The van der Waals surface area contributed by atoms with Gasteiger partial charge < -0.3 is 9.47 Å². The van der Waals surface area contributed by atoms with Crippen molar-refractivity contribution in [3.05, 3.63) is 89.5 Å². The number of hydrogen-bond donors (Lipinski definition) is 0. The summed E-state index contributed by atoms with van der Waals surface area (Å²) < 4.78 is 11.3. The molecule has 0 heterocycles. The van der Waals surface area contributed by atoms with E-state index < -0.39 is 0 Å². The van der Waals surface area contributed by atoms with Gasteiger partial charge in [-0.3, -0.25) is 4.99 Å². The fourth-order valence-corrected chi connectivity index (χ4v) is 2.47. The quantitative estimate of drug-likeness (QED) is 0.571. The van der Waals surface area contributed by atoms with Gasteiger partial charge in [0.25, 0.3) is 0 Å². The zero-order chi connectivity index (χ0) is 17.5. The van der Waals surface area contributed by atoms with Crippen LogP contribution in [0.5, 0.6) is 11.5 Å². The van der Waals surface area contributed by atoms with E-state index >= 15 is 0 Å². The third-order valence-electron chi connectivity index (χ3n) is 3.89. The van der Waals surface area contributed by atoms with Crippen LogP contribution in [0.25, 0.3) is 0 Å². The molecule has 3 rings (SSSR count). The van der Waals surface area contributed by atoms with Gasteiger partial charge in [-0.25, -0.2) is 0 Å². The van der Waals surface area contributed by atoms with Crippen LogP contribution >= 0.6 is 0 Å². The summed E-state index contributed by atoms with van der Waals surface area (Å²) in [7, 11) is 1.65. The molecule has 0 aliphatic rings. The molecule has 0 atom stereocenters. The molecular formula is C22H21NO2. The van der Waals surface area contributed by atoms with Gasteiger partial charge in [-0.1, -0.05) is 48.5 Å². The first-order valence-electron chi connectivity index (χ1n) is 8.21. The first kappa shape index (κ1) is 16.8. The lowest BCUT2D eigenvalue weighted by atomic mass is 10.2. The average molecular weight is 331 g/mol. The van der Waals surface area contributed by atoms with Gasteiger partial charge in [0.15, 0.2) is 11.5 Å². The van der Waals surface area contributed by atoms with Crippen molar-refractivity contribution in [1.82, 2.24) is 0 Å². The molecule has 0 unspecified atom stereocenters. The molecule has 0 aliphatic carbocycles. The molecule has 0 amide bonds. The SMILES string of the molecule is COc1cc(C=Nc2ccccc2C)ccc1OCc1ccccc1. The minimum Gasteiger partial charge on any atom is -0.493 e. The van der Waals surface area contributed by atoms with Crippen LogP contribution < -0.4 is 9.47 Å². The Hall–Kier alpha value is -3.07. The first-order chi connectivity index (χ1) is 12.3. The zero-order valence-corrected chi connectivity index (χ0v) is 14.5. The maximum Gasteiger partial charge on any atom is 0.161 e. The lowest BCUT2D eigenvalue weighted by Gasteiger charge is -2.11. The number of para-hydroxylation sites is 1. The van der Waals surface area contributed by atoms with E-state index in [0.717, 1.165) is 28.1 Å². The van der Waals surface area contributed by atoms with Gasteiger partial charge in [-0.05, 0) is 47.9 Å². The number of hydrogen-bond acceptors (Lipinski definition) is 3. The third-order valence-corrected chi connectivity index (χ3v) is 3.89. The standard InChI is InChI=1S/C22H21NO2/c1-17-8-6-7-11-20(17)23-15-19-12-13-21(22(14-19)24-2)25-16-18-9-4-3-5-10-18/h3-15H,16H2,1-2H3. The molecule has 3 aromatic carbocycles. The van der Waals surface area contributed by atoms with E-state index in [-0.39, 0.29) is 0 Å². The van der Waals surface area contributed by atoms with E-state index in [9.17, 15) is 0 Å². The Kier molecular flexibility index (Phi) is 5.47. The fourth-order valence-electron chi connectivity index (χ4n) is 2.47. The van der Waals surface area contributed by atoms with Crippen molar-refractivity contribution in [3.8, 4) is 11.5 Å². The predicted molar refractivity (Wildman–Crippen MR) is 102 cm³/mol. The van der Waals surface area contributed by atoms with Crippen molar-refractivity contribution in [2.75, 3.05) is 7.11 Å². The van der Waals surface area contributed by atoms with Crippen molar-refractivity contribution in [2.45, 2.75) is 13.5 Å². The van der Waals surface area contributed by atoms with Crippen LogP contribution in [0.1, 0.15) is 16.7 Å². The van der Waals surface area contributed by atoms with Crippen LogP contribution in [0, 0.1) is 6.92 Å². The highest BCUT2D eigenvalue weighted by molar-refractivity contribution is 5.83. The summed E-state index contributed by atoms with van der Waals surface area (Å²) >= 11 is 0. The number of nitrogens with zero attached hydrogens (tertiary/aromatic N) is 1. The maximum absolute atomic E-state index is 5.88. The Morgan fingerprint density at radius 3 is 2.40 bits per heavy atom. The molecular weight excluding hydrogens is 310 g/mol. The van der Waals surface area contributed by atoms with E-state index in [1.165, 1.54) is 0 Å². The molecule has 0 aliphatic heterocycles. The van der Waals surface area contributed by atoms with Gasteiger partial charge in [0.1, 0.15) is 6.61 Å². The number of aliphatic imine (C=N–C) groups is 1. The Morgan fingerprint density at radius 1 is 0.880 bits per heavy atom. The van der Waals surface area contributed by atoms with E-state index in [2.05, 4.69) is 4.99 Å². The fraction of sp³-hybridized carbons (Fsp3) is 0.136. The number of aryl methyl sites for hydroxylation is 1. The predicted octanol–water partition coefficient (Wildman–Crippen LogP) is 5.33. The highest BCUT2D eigenvalue weighted by atomic mass is 16.5. The highest BCUT2D eigenvalue weighted by Gasteiger charge is 2.05. The summed E-state index contributed by atoms with van der Waals surface area (Å²) in [6.45, 7) is 2.56. The molecule has 0 fully saturated rings. The number of methoxy groups -OCH3 is 1. The molecule has 0 saturated heterocycles. The third kappa shape index (κ3) is 4.48. The van der Waals surface area contributed by atoms with E-state index in [1.807, 2.05) is 85.9 Å². The van der Waals surface area contributed by atoms with Gasteiger partial charge >= 0.3 is 0 Å². The lowest BCUT2D eigenvalue weighted by Crippen LogP contribution is -1.98. The van der Waals surface area contributed by atoms with Gasteiger partial charge in [0.2, 0.25) is 0 Å². The molecule has 3 heteroatoms. The largest absolute Gasteiger partial charge is 0.493 e. The monoisotopic (exact) mass is 331 g/mol. The minimum absolute atomic E-state index is 0.508. The first-order valence-corrected chi connectivity index (χ1v) is 8.21. The summed E-state index contributed by atoms with van der Waals surface area (Å²) in [5.74, 6) is 1.42. The Balaban J connectivity index is 1.74. The molecule has 0 N–H and O–H groups in total. The summed E-state index contributed by atoms with van der Waals surface area (Å²) in [6, 6.07) is 23.9. The minimum atomic E-state index is 0.508. The van der Waals surface area contributed by atoms with Crippen LogP contribution in [0.15, 0.2) is 77.8 Å². The second-order valence-electron chi connectivity index (χ2n) is 5.73. The lowest BCUT2D eigenvalue weighted by molar-refractivity contribution is 0.284. The smallest absolute Gasteiger partial charge is 0.161 e. The van der Waals surface area contributed by atoms with Crippen LogP contribution in [0.3, 0.4) is 0 Å². The van der Waals surface area contributed by atoms with Gasteiger partial charge in [0, 0.05) is 6.21 Å². The van der Waals surface area contributed by atoms with E-state index in [4.69, 9.17) is 9.47 Å². The van der Waals surface area contributed by atoms with Gasteiger partial charge in [0.05, 0.1) is 12.8 Å². The molecule has 3 aromatic rings. The number of ether oxygens (including phenoxy) is 2. The maximum atomic E-state index is 5.88. The van der Waals surface area contributed by atoms with Crippen molar-refractivity contribution < 1.29 is 9.47 Å². The number of rotatable bonds is 6. The van der Waals surface area contributed by atoms with Crippen molar-refractivity contribution in [2.24, 2.45) is 4.99 Å². The summed E-state index contributed by atoms with van der Waals surface area (Å²) in [5.41, 5.74) is 4.20. The van der Waals surface area contributed by atoms with Crippen LogP contribution in [-0.2, 0) is 6.61 Å². The molecule has 0 bridgehead atoms. The second kappa shape index (κ2) is 8.15. The average Bonchev–Trinajstić information content (AvgIpc) is 2.67. The van der Waals surface area contributed by atoms with Crippen molar-refractivity contribution in [3.63, 3.8) is 0 Å². The molecule has 25 heavy (non-hydrogen) atoms. The summed E-state index contributed by atoms with van der Waals surface area (Å²) in [5, 5.41) is 0. The highest BCUT2D eigenvalue weighted by Crippen LogP contribution is 2.28. The zero-order valence-electron chi connectivity index (χ0n) is 14.5.